The summed E-state index contributed by atoms with van der Waals surface area (Å²) < 4.78 is 87.0. The van der Waals surface area contributed by atoms with E-state index in [1.165, 1.54) is 51.1 Å². The highest BCUT2D eigenvalue weighted by molar-refractivity contribution is 7.81. The van der Waals surface area contributed by atoms with Gasteiger partial charge in [-0.25, -0.2) is 0 Å². The van der Waals surface area contributed by atoms with Gasteiger partial charge in [0.25, 0.3) is 0 Å². The van der Waals surface area contributed by atoms with Crippen LogP contribution in [0.1, 0.15) is 50.2 Å². The molecule has 0 spiro atoms. The van der Waals surface area contributed by atoms with E-state index < -0.39 is 47.4 Å². The molecule has 200 valence electrons. The van der Waals surface area contributed by atoms with Gasteiger partial charge < -0.3 is 10.1 Å². The van der Waals surface area contributed by atoms with Crippen LogP contribution in [0.15, 0.2) is 42.5 Å². The first-order valence-electron chi connectivity index (χ1n) is 10.7. The number of carbonyl (C=O) groups is 1. The quantitative estimate of drug-likeness (QED) is 0.188. The number of carbonyl (C=O) groups excluding carboxylic acids is 1. The molecule has 2 aromatic rings. The molecule has 36 heavy (non-hydrogen) atoms. The third-order valence-electron chi connectivity index (χ3n) is 5.11. The fourth-order valence-electron chi connectivity index (χ4n) is 3.44. The average molecular weight is 576 g/mol. The summed E-state index contributed by atoms with van der Waals surface area (Å²) in [6, 6.07) is 9.07. The van der Waals surface area contributed by atoms with Gasteiger partial charge in [0.15, 0.2) is 0 Å². The molecule has 1 N–H and O–H groups in total. The van der Waals surface area contributed by atoms with Crippen molar-refractivity contribution in [2.75, 3.05) is 11.9 Å². The Morgan fingerprint density at radius 3 is 2.00 bits per heavy atom. The number of hydrogen-bond acceptors (Lipinski definition) is 4. The van der Waals surface area contributed by atoms with E-state index in [2.05, 4.69) is 17.9 Å². The lowest BCUT2D eigenvalue weighted by Gasteiger charge is -2.27. The van der Waals surface area contributed by atoms with E-state index in [4.69, 9.17) is 27.9 Å². The number of rotatable bonds is 8. The van der Waals surface area contributed by atoms with Crippen molar-refractivity contribution in [2.45, 2.75) is 62.2 Å². The molecule has 0 aliphatic heterocycles. The highest BCUT2D eigenvalue weighted by Gasteiger charge is 2.44. The number of anilines is 1. The fraction of sp³-hybridized carbons (Fsp3) is 0.458. The summed E-state index contributed by atoms with van der Waals surface area (Å²) in [5.74, 6) is -4.46. The van der Waals surface area contributed by atoms with Gasteiger partial charge in [0.1, 0.15) is 10.9 Å². The smallest absolute Gasteiger partial charge is 0.400 e. The van der Waals surface area contributed by atoms with Crippen molar-refractivity contribution in [1.82, 2.24) is 0 Å². The lowest BCUT2D eigenvalue weighted by molar-refractivity contribution is -0.172. The minimum absolute atomic E-state index is 0.00507. The SMILES string of the molecule is CC(C)(C)OC(=O)C[C@@H](c1ccc(Cl)c(NC[C@H](c2ccc(Cl)cc2)[C@@H](S)C(F)(F)F)c1)C(F)(F)F. The Kier molecular flexibility index (Phi) is 9.92. The largest absolute Gasteiger partial charge is 0.460 e. The lowest BCUT2D eigenvalue weighted by Crippen LogP contribution is -2.34. The van der Waals surface area contributed by atoms with E-state index in [1.54, 1.807) is 0 Å². The summed E-state index contributed by atoms with van der Waals surface area (Å²) in [6.45, 7) is 4.25. The van der Waals surface area contributed by atoms with E-state index in [0.29, 0.717) is 5.02 Å². The number of halogens is 8. The molecule has 0 aliphatic rings. The van der Waals surface area contributed by atoms with Gasteiger partial charge >= 0.3 is 18.3 Å². The fourth-order valence-corrected chi connectivity index (χ4v) is 4.03. The Morgan fingerprint density at radius 2 is 1.50 bits per heavy atom. The molecule has 12 heteroatoms. The molecule has 3 atom stereocenters. The molecule has 0 heterocycles. The Hall–Kier alpha value is -1.78. The van der Waals surface area contributed by atoms with Crippen molar-refractivity contribution in [2.24, 2.45) is 0 Å². The van der Waals surface area contributed by atoms with Gasteiger partial charge in [-0.3, -0.25) is 4.79 Å². The minimum Gasteiger partial charge on any atom is -0.460 e. The molecule has 0 fully saturated rings. The van der Waals surface area contributed by atoms with Crippen molar-refractivity contribution in [3.05, 3.63) is 63.6 Å². The van der Waals surface area contributed by atoms with Gasteiger partial charge in [-0.15, -0.1) is 0 Å². The third-order valence-corrected chi connectivity index (χ3v) is 6.34. The normalized spacial score (nSPS) is 15.2. The number of hydrogen-bond donors (Lipinski definition) is 2. The first kappa shape index (κ1) is 30.4. The second-order valence-corrected chi connectivity index (χ2v) is 10.5. The van der Waals surface area contributed by atoms with Crippen LogP contribution in [0.4, 0.5) is 32.0 Å². The monoisotopic (exact) mass is 575 g/mol. The van der Waals surface area contributed by atoms with Crippen LogP contribution in [0.25, 0.3) is 0 Å². The first-order chi connectivity index (χ1) is 16.4. The number of alkyl halides is 6. The predicted molar refractivity (Wildman–Crippen MR) is 132 cm³/mol. The zero-order chi connectivity index (χ0) is 27.5. The van der Waals surface area contributed by atoms with Crippen LogP contribution < -0.4 is 5.32 Å². The van der Waals surface area contributed by atoms with Gasteiger partial charge in [-0.2, -0.15) is 39.0 Å². The van der Waals surface area contributed by atoms with Crippen LogP contribution in [-0.4, -0.2) is 35.7 Å². The molecule has 2 rings (SSSR count). The van der Waals surface area contributed by atoms with Gasteiger partial charge in [0.2, 0.25) is 0 Å². The molecule has 2 aromatic carbocycles. The van der Waals surface area contributed by atoms with Crippen LogP contribution in [0.3, 0.4) is 0 Å². The second-order valence-electron chi connectivity index (χ2n) is 9.15. The molecule has 0 aromatic heterocycles. The van der Waals surface area contributed by atoms with Crippen molar-refractivity contribution in [3.8, 4) is 0 Å². The number of benzene rings is 2. The van der Waals surface area contributed by atoms with E-state index in [0.717, 1.165) is 12.1 Å². The van der Waals surface area contributed by atoms with Gasteiger partial charge in [-0.1, -0.05) is 41.4 Å². The standard InChI is InChI=1S/C24H25Cl2F6NO2S/c1-22(2,3)35-20(34)11-17(23(27,28)29)14-6-9-18(26)19(10-14)33-12-16(21(36)24(30,31)32)13-4-7-15(25)8-5-13/h4-10,16-17,21,33,36H,11-12H2,1-3H3/t16-,17+,21-/m1/s1. The minimum atomic E-state index is -4.79. The van der Waals surface area contributed by atoms with E-state index in [9.17, 15) is 31.1 Å². The molecule has 0 radical (unpaired) electrons. The Balaban J connectivity index is 2.34. The summed E-state index contributed by atoms with van der Waals surface area (Å²) in [5, 5.41) is 0.961. The lowest BCUT2D eigenvalue weighted by atomic mass is 9.93. The van der Waals surface area contributed by atoms with Gasteiger partial charge in [-0.05, 0) is 56.2 Å². The van der Waals surface area contributed by atoms with Crippen molar-refractivity contribution in [3.63, 3.8) is 0 Å². The number of ether oxygens (including phenoxy) is 1. The number of esters is 1. The molecule has 0 bridgehead atoms. The molecule has 0 unspecified atom stereocenters. The van der Waals surface area contributed by atoms with Crippen LogP contribution in [-0.2, 0) is 9.53 Å². The Labute approximate surface area is 220 Å². The van der Waals surface area contributed by atoms with E-state index >= 15 is 0 Å². The van der Waals surface area contributed by atoms with Crippen LogP contribution in [0, 0.1) is 0 Å². The maximum absolute atomic E-state index is 13.8. The van der Waals surface area contributed by atoms with Crippen LogP contribution in [0.5, 0.6) is 0 Å². The Bertz CT molecular complexity index is 1040. The molecule has 0 saturated heterocycles. The Morgan fingerprint density at radius 1 is 0.944 bits per heavy atom. The summed E-state index contributed by atoms with van der Waals surface area (Å²) in [6.07, 6.45) is -10.4. The summed E-state index contributed by atoms with van der Waals surface area (Å²) in [7, 11) is 0. The zero-order valence-electron chi connectivity index (χ0n) is 19.5. The maximum atomic E-state index is 13.8. The van der Waals surface area contributed by atoms with Gasteiger partial charge in [0.05, 0.1) is 23.0 Å². The van der Waals surface area contributed by atoms with E-state index in [-0.39, 0.29) is 28.4 Å². The topological polar surface area (TPSA) is 38.3 Å². The second kappa shape index (κ2) is 11.7. The molecule has 0 saturated carbocycles. The highest BCUT2D eigenvalue weighted by atomic mass is 35.5. The van der Waals surface area contributed by atoms with Gasteiger partial charge in [0, 0.05) is 17.5 Å². The third kappa shape index (κ3) is 8.95. The number of thiol groups is 1. The number of nitrogens with one attached hydrogen (secondary N) is 1. The summed E-state index contributed by atoms with van der Waals surface area (Å²) in [4.78, 5) is 12.1. The van der Waals surface area contributed by atoms with Crippen molar-refractivity contribution >= 4 is 47.5 Å². The molecule has 0 amide bonds. The maximum Gasteiger partial charge on any atom is 0.400 e. The average Bonchev–Trinajstić information content (AvgIpc) is 2.72. The highest BCUT2D eigenvalue weighted by Crippen LogP contribution is 2.41. The first-order valence-corrected chi connectivity index (χ1v) is 12.0. The van der Waals surface area contributed by atoms with Crippen molar-refractivity contribution < 1.29 is 35.9 Å². The molecular formula is C24H25Cl2F6NO2S. The molecule has 0 aliphatic carbocycles. The van der Waals surface area contributed by atoms with Crippen molar-refractivity contribution in [1.29, 1.82) is 0 Å². The van der Waals surface area contributed by atoms with E-state index in [1.807, 2.05) is 0 Å². The molecular weight excluding hydrogens is 551 g/mol. The molecule has 3 nitrogen and oxygen atoms in total. The summed E-state index contributed by atoms with van der Waals surface area (Å²) >= 11 is 15.7. The predicted octanol–water partition coefficient (Wildman–Crippen LogP) is 8.43. The summed E-state index contributed by atoms with van der Waals surface area (Å²) in [5.41, 5.74) is -1.01. The van der Waals surface area contributed by atoms with Crippen LogP contribution >= 0.6 is 35.8 Å². The zero-order valence-corrected chi connectivity index (χ0v) is 21.9. The van der Waals surface area contributed by atoms with Crippen LogP contribution in [0.2, 0.25) is 10.0 Å².